The van der Waals surface area contributed by atoms with Crippen LogP contribution in [0.5, 0.6) is 0 Å². The number of nitriles is 1. The van der Waals surface area contributed by atoms with Gasteiger partial charge in [0.25, 0.3) is 5.91 Å². The Kier molecular flexibility index (Phi) is 6.47. The quantitative estimate of drug-likeness (QED) is 0.384. The van der Waals surface area contributed by atoms with E-state index in [4.69, 9.17) is 11.6 Å². The summed E-state index contributed by atoms with van der Waals surface area (Å²) < 4.78 is 41.2. The van der Waals surface area contributed by atoms with Crippen molar-refractivity contribution in [2.24, 2.45) is 0 Å². The summed E-state index contributed by atoms with van der Waals surface area (Å²) in [6, 6.07) is 6.25. The van der Waals surface area contributed by atoms with Crippen molar-refractivity contribution < 1.29 is 18.0 Å². The van der Waals surface area contributed by atoms with E-state index in [2.05, 4.69) is 36.0 Å². The zero-order valence-corrected chi connectivity index (χ0v) is 21.8. The van der Waals surface area contributed by atoms with Gasteiger partial charge in [-0.2, -0.15) is 23.5 Å². The number of carbonyl (C=O) groups excluding carboxylic acids is 1. The molecule has 2 fully saturated rings. The molecule has 206 valence electrons. The van der Waals surface area contributed by atoms with Crippen molar-refractivity contribution in [1.29, 1.82) is 5.26 Å². The molecule has 6 heterocycles. The zero-order valence-electron chi connectivity index (χ0n) is 21.1. The summed E-state index contributed by atoms with van der Waals surface area (Å²) in [7, 11) is 0. The number of likely N-dealkylation sites (tertiary alicyclic amines) is 2. The normalized spacial score (nSPS) is 18.0. The van der Waals surface area contributed by atoms with Crippen LogP contribution in [0.4, 0.5) is 13.2 Å². The van der Waals surface area contributed by atoms with Gasteiger partial charge in [0.1, 0.15) is 28.9 Å². The maximum absolute atomic E-state index is 13.1. The topological polar surface area (TPSA) is 120 Å². The molecule has 1 N–H and O–H groups in total. The molecule has 4 aromatic rings. The van der Waals surface area contributed by atoms with Crippen LogP contribution in [0.1, 0.15) is 35.4 Å². The average Bonchev–Trinajstić information content (AvgIpc) is 3.60. The highest BCUT2D eigenvalue weighted by atomic mass is 35.5. The fourth-order valence-electron chi connectivity index (χ4n) is 5.61. The van der Waals surface area contributed by atoms with E-state index < -0.39 is 23.3 Å². The molecule has 0 aromatic carbocycles. The maximum atomic E-state index is 13.1. The van der Waals surface area contributed by atoms with Crippen molar-refractivity contribution in [2.45, 2.75) is 37.0 Å². The summed E-state index contributed by atoms with van der Waals surface area (Å²) in [6.45, 7) is 2.00. The van der Waals surface area contributed by atoms with Gasteiger partial charge in [0.2, 0.25) is 0 Å². The molecule has 10 nitrogen and oxygen atoms in total. The third-order valence-corrected chi connectivity index (χ3v) is 7.88. The largest absolute Gasteiger partial charge is 0.433 e. The number of halogens is 4. The fraction of sp³-hybridized carbons (Fsp3) is 0.385. The molecule has 2 aliphatic rings. The van der Waals surface area contributed by atoms with Gasteiger partial charge in [0.05, 0.1) is 24.4 Å². The van der Waals surface area contributed by atoms with E-state index in [0.717, 1.165) is 28.4 Å². The lowest BCUT2D eigenvalue weighted by Gasteiger charge is -2.53. The lowest BCUT2D eigenvalue weighted by atomic mass is 9.83. The van der Waals surface area contributed by atoms with Gasteiger partial charge in [0, 0.05) is 60.6 Å². The van der Waals surface area contributed by atoms with Crippen molar-refractivity contribution in [1.82, 2.24) is 39.5 Å². The first-order valence-electron chi connectivity index (χ1n) is 12.7. The van der Waals surface area contributed by atoms with Crippen molar-refractivity contribution in [3.05, 3.63) is 59.5 Å². The molecule has 0 unspecified atom stereocenters. The Morgan fingerprint density at radius 2 is 2.00 bits per heavy atom. The highest BCUT2D eigenvalue weighted by Crippen LogP contribution is 2.37. The summed E-state index contributed by atoms with van der Waals surface area (Å²) in [5.41, 5.74) is 0.337. The molecule has 1 amide bonds. The summed E-state index contributed by atoms with van der Waals surface area (Å²) in [5, 5.41) is 14.9. The van der Waals surface area contributed by atoms with E-state index in [1.54, 1.807) is 12.4 Å². The number of piperidine rings is 1. The van der Waals surface area contributed by atoms with E-state index in [1.807, 2.05) is 16.9 Å². The van der Waals surface area contributed by atoms with Gasteiger partial charge < -0.3 is 9.88 Å². The molecular formula is C26H23ClF3N9O. The Bertz CT molecular complexity index is 1610. The van der Waals surface area contributed by atoms with Crippen LogP contribution in [-0.2, 0) is 11.7 Å². The van der Waals surface area contributed by atoms with Crippen LogP contribution in [0.15, 0.2) is 43.1 Å². The number of nitrogens with zero attached hydrogens (tertiary/aromatic N) is 8. The number of hydrogen-bond acceptors (Lipinski definition) is 7. The molecule has 0 spiro atoms. The van der Waals surface area contributed by atoms with Crippen molar-refractivity contribution >= 4 is 28.5 Å². The SMILES string of the molecule is N#CCC1(n2cc(-c3ncnc4[nH]ccc34)cn2)CN(C2CCN(C(=O)c3cc(Cl)cc(C(F)(F)F)n3)CC2)C1. The number of alkyl halides is 3. The third-order valence-electron chi connectivity index (χ3n) is 7.67. The second kappa shape index (κ2) is 9.87. The summed E-state index contributed by atoms with van der Waals surface area (Å²) >= 11 is 5.83. The van der Waals surface area contributed by atoms with Gasteiger partial charge in [-0.25, -0.2) is 15.0 Å². The molecule has 0 aliphatic carbocycles. The van der Waals surface area contributed by atoms with Crippen LogP contribution in [0.3, 0.4) is 0 Å². The predicted molar refractivity (Wildman–Crippen MR) is 138 cm³/mol. The molecule has 14 heteroatoms. The standard InChI is InChI=1S/C26H23ClF3N9O/c27-17-9-20(36-21(10-17)26(28,29)30)24(40)37-7-2-18(3-8-37)38-13-25(14-38,4-5-31)39-12-16(11-35-39)22-19-1-6-32-23(19)34-15-33-22/h1,6,9-12,15,18H,2-4,7-8,13-14H2,(H,32,33,34). The number of hydrogen-bond donors (Lipinski definition) is 1. The average molecular weight is 570 g/mol. The first-order chi connectivity index (χ1) is 19.2. The van der Waals surface area contributed by atoms with Gasteiger partial charge in [-0.05, 0) is 31.0 Å². The second-order valence-corrected chi connectivity index (χ2v) is 10.6. The summed E-state index contributed by atoms with van der Waals surface area (Å²) in [5.74, 6) is -0.570. The molecule has 40 heavy (non-hydrogen) atoms. The molecule has 2 aliphatic heterocycles. The van der Waals surface area contributed by atoms with Crippen LogP contribution in [0.2, 0.25) is 5.02 Å². The zero-order chi connectivity index (χ0) is 28.1. The van der Waals surface area contributed by atoms with Crippen LogP contribution < -0.4 is 0 Å². The van der Waals surface area contributed by atoms with Gasteiger partial charge in [0.15, 0.2) is 0 Å². The minimum absolute atomic E-state index is 0.172. The maximum Gasteiger partial charge on any atom is 0.433 e. The van der Waals surface area contributed by atoms with Gasteiger partial charge in [-0.15, -0.1) is 0 Å². The number of amides is 1. The lowest BCUT2D eigenvalue weighted by molar-refractivity contribution is -0.141. The van der Waals surface area contributed by atoms with E-state index in [-0.39, 0.29) is 23.2 Å². The van der Waals surface area contributed by atoms with Crippen molar-refractivity contribution in [3.63, 3.8) is 0 Å². The fourth-order valence-corrected chi connectivity index (χ4v) is 5.81. The Balaban J connectivity index is 1.11. The van der Waals surface area contributed by atoms with E-state index in [1.165, 1.54) is 11.2 Å². The Morgan fingerprint density at radius 1 is 1.23 bits per heavy atom. The number of pyridine rings is 1. The Hall–Kier alpha value is -4.02. The molecule has 4 aromatic heterocycles. The number of fused-ring (bicyclic) bond motifs is 1. The second-order valence-electron chi connectivity index (χ2n) is 10.2. The minimum atomic E-state index is -4.70. The molecule has 0 saturated carbocycles. The Labute approximate surface area is 231 Å². The number of aromatic nitrogens is 6. The Morgan fingerprint density at radius 3 is 2.73 bits per heavy atom. The number of nitrogens with one attached hydrogen (secondary N) is 1. The smallest absolute Gasteiger partial charge is 0.346 e. The van der Waals surface area contributed by atoms with Crippen LogP contribution >= 0.6 is 11.6 Å². The van der Waals surface area contributed by atoms with E-state index >= 15 is 0 Å². The number of rotatable bonds is 5. The summed E-state index contributed by atoms with van der Waals surface area (Å²) in [4.78, 5) is 31.9. The molecule has 6 rings (SSSR count). The van der Waals surface area contributed by atoms with Gasteiger partial charge >= 0.3 is 6.18 Å². The molecule has 0 atom stereocenters. The highest BCUT2D eigenvalue weighted by Gasteiger charge is 2.48. The van der Waals surface area contributed by atoms with Gasteiger partial charge in [-0.3, -0.25) is 14.4 Å². The molecule has 0 bridgehead atoms. The molecular weight excluding hydrogens is 547 g/mol. The monoisotopic (exact) mass is 569 g/mol. The minimum Gasteiger partial charge on any atom is -0.346 e. The van der Waals surface area contributed by atoms with Gasteiger partial charge in [-0.1, -0.05) is 11.6 Å². The number of carbonyl (C=O) groups is 1. The van der Waals surface area contributed by atoms with Crippen LogP contribution in [-0.4, -0.2) is 77.6 Å². The third kappa shape index (κ3) is 4.67. The number of H-pyrrole nitrogens is 1. The molecule has 0 radical (unpaired) electrons. The first-order valence-corrected chi connectivity index (χ1v) is 13.0. The predicted octanol–water partition coefficient (Wildman–Crippen LogP) is 4.12. The highest BCUT2D eigenvalue weighted by molar-refractivity contribution is 6.31. The molecule has 2 saturated heterocycles. The van der Waals surface area contributed by atoms with Crippen molar-refractivity contribution in [2.75, 3.05) is 26.2 Å². The lowest BCUT2D eigenvalue weighted by Crippen LogP contribution is -2.66. The summed E-state index contributed by atoms with van der Waals surface area (Å²) in [6.07, 6.45) is 3.85. The number of aromatic amines is 1. The van der Waals surface area contributed by atoms with Crippen LogP contribution in [0, 0.1) is 11.3 Å². The first kappa shape index (κ1) is 26.2. The van der Waals surface area contributed by atoms with E-state index in [0.29, 0.717) is 45.1 Å². The van der Waals surface area contributed by atoms with Crippen molar-refractivity contribution in [3.8, 4) is 17.3 Å². The van der Waals surface area contributed by atoms with E-state index in [9.17, 15) is 23.2 Å². The van der Waals surface area contributed by atoms with Crippen LogP contribution in [0.25, 0.3) is 22.3 Å².